The first kappa shape index (κ1) is 11.3. The summed E-state index contributed by atoms with van der Waals surface area (Å²) >= 11 is 0. The lowest BCUT2D eigenvalue weighted by Crippen LogP contribution is -1.98. The number of hydrogen-bond donors (Lipinski definition) is 1. The molecule has 0 unspecified atom stereocenters. The predicted molar refractivity (Wildman–Crippen MR) is 69.9 cm³/mol. The van der Waals surface area contributed by atoms with E-state index in [4.69, 9.17) is 9.68 Å². The van der Waals surface area contributed by atoms with Gasteiger partial charge in [-0.25, -0.2) is 0 Å². The van der Waals surface area contributed by atoms with E-state index in [1.807, 2.05) is 0 Å². The van der Waals surface area contributed by atoms with Crippen molar-refractivity contribution >= 4 is 16.7 Å². The van der Waals surface area contributed by atoms with E-state index >= 15 is 0 Å². The number of rotatable bonds is 2. The maximum Gasteiger partial charge on any atom is 0.230 e. The minimum atomic E-state index is -0.163. The van der Waals surface area contributed by atoms with E-state index in [1.165, 1.54) is 0 Å². The molecule has 0 fully saturated rings. The highest BCUT2D eigenvalue weighted by molar-refractivity contribution is 6.15. The Labute approximate surface area is 109 Å². The number of nitriles is 1. The van der Waals surface area contributed by atoms with Crippen molar-refractivity contribution in [2.75, 3.05) is 0 Å². The van der Waals surface area contributed by atoms with Crippen LogP contribution in [-0.2, 0) is 0 Å². The van der Waals surface area contributed by atoms with Gasteiger partial charge < -0.3 is 9.40 Å². The molecule has 0 radical (unpaired) electrons. The van der Waals surface area contributed by atoms with Gasteiger partial charge in [0, 0.05) is 17.1 Å². The molecule has 3 rings (SSSR count). The van der Waals surface area contributed by atoms with Crippen LogP contribution in [0, 0.1) is 18.3 Å². The Morgan fingerprint density at radius 2 is 2.16 bits per heavy atom. The summed E-state index contributed by atoms with van der Waals surface area (Å²) in [6.07, 6.45) is 1.64. The van der Waals surface area contributed by atoms with E-state index in [2.05, 4.69) is 11.1 Å². The van der Waals surface area contributed by atoms with Crippen LogP contribution in [0.5, 0.6) is 0 Å². The van der Waals surface area contributed by atoms with Crippen LogP contribution in [0.25, 0.3) is 10.9 Å². The number of benzene rings is 1. The lowest BCUT2D eigenvalue weighted by molar-refractivity contribution is 0.101. The van der Waals surface area contributed by atoms with Gasteiger partial charge in [-0.15, -0.1) is 0 Å². The predicted octanol–water partition coefficient (Wildman–Crippen LogP) is 3.17. The van der Waals surface area contributed by atoms with Crippen molar-refractivity contribution in [3.05, 3.63) is 59.2 Å². The molecular formula is C15H10N2O2. The number of carbonyl (C=O) groups is 1. The van der Waals surface area contributed by atoms with Crippen LogP contribution >= 0.6 is 0 Å². The average molecular weight is 250 g/mol. The molecule has 19 heavy (non-hydrogen) atoms. The topological polar surface area (TPSA) is 69.8 Å². The summed E-state index contributed by atoms with van der Waals surface area (Å²) in [6, 6.07) is 10.7. The second kappa shape index (κ2) is 4.14. The quantitative estimate of drug-likeness (QED) is 0.710. The number of aromatic nitrogens is 1. The number of ketones is 1. The van der Waals surface area contributed by atoms with E-state index in [0.717, 1.165) is 10.9 Å². The SMILES string of the molecule is Cc1ccc(C(=O)c2c[nH]c3cc(C#N)ccc23)o1. The molecule has 0 saturated heterocycles. The highest BCUT2D eigenvalue weighted by atomic mass is 16.3. The van der Waals surface area contributed by atoms with Crippen LogP contribution in [0.3, 0.4) is 0 Å². The molecule has 0 saturated carbocycles. The number of hydrogen-bond acceptors (Lipinski definition) is 3. The maximum absolute atomic E-state index is 12.3. The average Bonchev–Trinajstić information content (AvgIpc) is 3.03. The van der Waals surface area contributed by atoms with Crippen molar-refractivity contribution < 1.29 is 9.21 Å². The van der Waals surface area contributed by atoms with Crippen molar-refractivity contribution in [1.29, 1.82) is 5.26 Å². The summed E-state index contributed by atoms with van der Waals surface area (Å²) in [6.45, 7) is 1.80. The van der Waals surface area contributed by atoms with Crippen molar-refractivity contribution in [3.63, 3.8) is 0 Å². The van der Waals surface area contributed by atoms with E-state index in [0.29, 0.717) is 22.6 Å². The van der Waals surface area contributed by atoms with Crippen LogP contribution in [0.4, 0.5) is 0 Å². The first-order valence-corrected chi connectivity index (χ1v) is 5.81. The third kappa shape index (κ3) is 1.81. The lowest BCUT2D eigenvalue weighted by atomic mass is 10.1. The monoisotopic (exact) mass is 250 g/mol. The Hall–Kier alpha value is -2.80. The summed E-state index contributed by atoms with van der Waals surface area (Å²) in [7, 11) is 0. The van der Waals surface area contributed by atoms with Gasteiger partial charge in [0.15, 0.2) is 5.76 Å². The van der Waals surface area contributed by atoms with Gasteiger partial charge in [-0.1, -0.05) is 6.07 Å². The van der Waals surface area contributed by atoms with E-state index in [-0.39, 0.29) is 5.78 Å². The van der Waals surface area contributed by atoms with Crippen LogP contribution in [0.1, 0.15) is 27.4 Å². The first-order valence-electron chi connectivity index (χ1n) is 5.81. The first-order chi connectivity index (χ1) is 9.19. The number of furan rings is 1. The van der Waals surface area contributed by atoms with Gasteiger partial charge in [0.1, 0.15) is 5.76 Å². The fourth-order valence-corrected chi connectivity index (χ4v) is 2.07. The number of H-pyrrole nitrogens is 1. The third-order valence-electron chi connectivity index (χ3n) is 3.02. The molecule has 0 aliphatic rings. The molecule has 0 atom stereocenters. The van der Waals surface area contributed by atoms with Crippen molar-refractivity contribution in [2.24, 2.45) is 0 Å². The minimum Gasteiger partial charge on any atom is -0.458 e. The molecule has 0 spiro atoms. The Balaban J connectivity index is 2.11. The Bertz CT molecular complexity index is 818. The second-order valence-electron chi connectivity index (χ2n) is 4.31. The van der Waals surface area contributed by atoms with Crippen LogP contribution in [-0.4, -0.2) is 10.8 Å². The summed E-state index contributed by atoms with van der Waals surface area (Å²) in [5, 5.41) is 9.64. The molecule has 1 aromatic carbocycles. The second-order valence-corrected chi connectivity index (χ2v) is 4.31. The fourth-order valence-electron chi connectivity index (χ4n) is 2.07. The molecule has 0 aliphatic carbocycles. The van der Waals surface area contributed by atoms with Crippen molar-refractivity contribution in [1.82, 2.24) is 4.98 Å². The zero-order chi connectivity index (χ0) is 13.4. The number of aryl methyl sites for hydroxylation is 1. The fraction of sp³-hybridized carbons (Fsp3) is 0.0667. The molecule has 4 heteroatoms. The summed E-state index contributed by atoms with van der Waals surface area (Å²) in [5.41, 5.74) is 1.88. The van der Waals surface area contributed by atoms with Crippen molar-refractivity contribution in [2.45, 2.75) is 6.92 Å². The molecule has 2 heterocycles. The Kier molecular flexibility index (Phi) is 2.46. The molecule has 3 aromatic rings. The zero-order valence-corrected chi connectivity index (χ0v) is 10.2. The normalized spacial score (nSPS) is 10.5. The molecule has 0 amide bonds. The van der Waals surface area contributed by atoms with Gasteiger partial charge in [0.05, 0.1) is 17.2 Å². The van der Waals surface area contributed by atoms with Gasteiger partial charge in [0.25, 0.3) is 0 Å². The maximum atomic E-state index is 12.3. The summed E-state index contributed by atoms with van der Waals surface area (Å²) in [4.78, 5) is 15.3. The molecule has 4 nitrogen and oxygen atoms in total. The van der Waals surface area contributed by atoms with Gasteiger partial charge in [0.2, 0.25) is 5.78 Å². The Morgan fingerprint density at radius 3 is 2.84 bits per heavy atom. The van der Waals surface area contributed by atoms with Crippen LogP contribution < -0.4 is 0 Å². The van der Waals surface area contributed by atoms with Crippen molar-refractivity contribution in [3.8, 4) is 6.07 Å². The highest BCUT2D eigenvalue weighted by Crippen LogP contribution is 2.23. The number of nitrogens with one attached hydrogen (secondary N) is 1. The minimum absolute atomic E-state index is 0.163. The molecule has 1 N–H and O–H groups in total. The van der Waals surface area contributed by atoms with E-state index < -0.39 is 0 Å². The number of carbonyl (C=O) groups excluding carboxylic acids is 1. The standard InChI is InChI=1S/C15H10N2O2/c1-9-2-5-14(19-9)15(18)12-8-17-13-6-10(7-16)3-4-11(12)13/h2-6,8,17H,1H3. The third-order valence-corrected chi connectivity index (χ3v) is 3.02. The van der Waals surface area contributed by atoms with Gasteiger partial charge in [-0.2, -0.15) is 5.26 Å². The smallest absolute Gasteiger partial charge is 0.230 e. The lowest BCUT2D eigenvalue weighted by Gasteiger charge is -1.96. The number of fused-ring (bicyclic) bond motifs is 1. The summed E-state index contributed by atoms with van der Waals surface area (Å²) in [5.74, 6) is 0.863. The molecule has 0 bridgehead atoms. The zero-order valence-electron chi connectivity index (χ0n) is 10.2. The van der Waals surface area contributed by atoms with Crippen LogP contribution in [0.15, 0.2) is 40.9 Å². The van der Waals surface area contributed by atoms with E-state index in [9.17, 15) is 4.79 Å². The molecule has 0 aliphatic heterocycles. The molecule has 2 aromatic heterocycles. The van der Waals surface area contributed by atoms with Gasteiger partial charge in [-0.05, 0) is 31.2 Å². The van der Waals surface area contributed by atoms with Gasteiger partial charge >= 0.3 is 0 Å². The van der Waals surface area contributed by atoms with E-state index in [1.54, 1.807) is 43.5 Å². The molecular weight excluding hydrogens is 240 g/mol. The van der Waals surface area contributed by atoms with Crippen LogP contribution in [0.2, 0.25) is 0 Å². The Morgan fingerprint density at radius 1 is 1.32 bits per heavy atom. The number of aromatic amines is 1. The largest absolute Gasteiger partial charge is 0.458 e. The van der Waals surface area contributed by atoms with Gasteiger partial charge in [-0.3, -0.25) is 4.79 Å². The molecule has 92 valence electrons. The highest BCUT2D eigenvalue weighted by Gasteiger charge is 2.17. The summed E-state index contributed by atoms with van der Waals surface area (Å²) < 4.78 is 5.35. The number of nitrogens with zero attached hydrogens (tertiary/aromatic N) is 1.